The summed E-state index contributed by atoms with van der Waals surface area (Å²) in [5, 5.41) is 0. The maximum atomic E-state index is 8.74. The first kappa shape index (κ1) is 15.7. The summed E-state index contributed by atoms with van der Waals surface area (Å²) in [5.74, 6) is 0. The topological polar surface area (TPSA) is 57.5 Å². The first-order valence-electron chi connectivity index (χ1n) is 0.651. The van der Waals surface area contributed by atoms with Crippen LogP contribution in [0.2, 0.25) is 0 Å². The second kappa shape index (κ2) is 10.0. The maximum Gasteiger partial charge on any atom is 2.00 e. The van der Waals surface area contributed by atoms with Crippen LogP contribution in [0.25, 0.3) is 0 Å². The molecule has 0 fully saturated rings. The first-order valence-corrected chi connectivity index (χ1v) is 1.95. The van der Waals surface area contributed by atoms with E-state index in [0.717, 1.165) is 0 Å². The van der Waals surface area contributed by atoms with E-state index in [1.165, 1.54) is 0 Å². The molecule has 0 radical (unpaired) electrons. The predicted molar refractivity (Wildman–Crippen MR) is 18.9 cm³/mol. The van der Waals surface area contributed by atoms with Gasteiger partial charge in [-0.2, -0.15) is 0 Å². The summed E-state index contributed by atoms with van der Waals surface area (Å²) in [4.78, 5) is 14.3. The molecule has 0 spiro atoms. The van der Waals surface area contributed by atoms with E-state index >= 15 is 0 Å². The van der Waals surface area contributed by atoms with E-state index in [2.05, 4.69) is 0 Å². The molecule has 2 N–H and O–H groups in total. The van der Waals surface area contributed by atoms with Crippen LogP contribution in [-0.2, 0) is 26.2 Å². The minimum Gasteiger partial charge on any atom is -1.00 e. The Morgan fingerprint density at radius 2 is 1.50 bits per heavy atom. The molecule has 0 aromatic carbocycles. The first-order chi connectivity index (χ1) is 1.73. The van der Waals surface area contributed by atoms with Crippen molar-refractivity contribution in [3.8, 4) is 0 Å². The minimum absolute atomic E-state index is 0. The van der Waals surface area contributed by atoms with E-state index < -0.39 is 9.17 Å². The molecule has 0 amide bonds. The van der Waals surface area contributed by atoms with Crippen LogP contribution in [0.1, 0.15) is 2.85 Å². The summed E-state index contributed by atoms with van der Waals surface area (Å²) in [7, 11) is -3.13. The van der Waals surface area contributed by atoms with Gasteiger partial charge in [0.25, 0.3) is 0 Å². The average molecular weight is 265 g/mol. The standard InChI is InChI=1S/Ba.H2O3Si.Ti.2H/c;1-4(2)3;;;/h;1-2H;;;/q+2;;;2*-1. The molecule has 6 heavy (non-hydrogen) atoms. The Balaban J connectivity index is -0.00000000750. The Morgan fingerprint density at radius 3 is 1.50 bits per heavy atom. The summed E-state index contributed by atoms with van der Waals surface area (Å²) in [6.07, 6.45) is 0. The van der Waals surface area contributed by atoms with E-state index in [9.17, 15) is 0 Å². The minimum atomic E-state index is -3.13. The van der Waals surface area contributed by atoms with Crippen LogP contribution in [0, 0.1) is 0 Å². The van der Waals surface area contributed by atoms with Crippen LogP contribution in [-0.4, -0.2) is 67.6 Å². The molecule has 0 atom stereocenters. The van der Waals surface area contributed by atoms with Gasteiger partial charge >= 0.3 is 58.1 Å². The van der Waals surface area contributed by atoms with Gasteiger partial charge in [0.05, 0.1) is 0 Å². The molecular weight excluding hydrogens is 261 g/mol. The van der Waals surface area contributed by atoms with Crippen molar-refractivity contribution in [1.29, 1.82) is 0 Å². The van der Waals surface area contributed by atoms with Crippen molar-refractivity contribution in [2.75, 3.05) is 0 Å². The van der Waals surface area contributed by atoms with E-state index in [4.69, 9.17) is 14.1 Å². The van der Waals surface area contributed by atoms with Gasteiger partial charge in [0, 0.05) is 21.7 Å². The molecule has 0 aliphatic rings. The van der Waals surface area contributed by atoms with Gasteiger partial charge in [0.15, 0.2) is 0 Å². The summed E-state index contributed by atoms with van der Waals surface area (Å²) < 4.78 is 8.74. The van der Waals surface area contributed by atoms with Crippen LogP contribution in [0.3, 0.4) is 0 Å². The van der Waals surface area contributed by atoms with Gasteiger partial charge in [0.2, 0.25) is 0 Å². The third-order valence-corrected chi connectivity index (χ3v) is 0. The molecule has 0 unspecified atom stereocenters. The van der Waals surface area contributed by atoms with E-state index in [1.807, 2.05) is 0 Å². The van der Waals surface area contributed by atoms with Gasteiger partial charge in [-0.15, -0.1) is 0 Å². The summed E-state index contributed by atoms with van der Waals surface area (Å²) in [5.41, 5.74) is 0. The molecule has 32 valence electrons. The predicted octanol–water partition coefficient (Wildman–Crippen LogP) is -1.77. The fourth-order valence-corrected chi connectivity index (χ4v) is 0. The van der Waals surface area contributed by atoms with Crippen molar-refractivity contribution in [2.24, 2.45) is 0 Å². The molecule has 0 aromatic heterocycles. The quantitative estimate of drug-likeness (QED) is 0.510. The molecule has 0 rings (SSSR count). The fourth-order valence-electron chi connectivity index (χ4n) is 0. The molecule has 0 aromatic rings. The third kappa shape index (κ3) is 39.2. The Hall–Kier alpha value is 1.90. The van der Waals surface area contributed by atoms with Gasteiger partial charge in [0.1, 0.15) is 0 Å². The van der Waals surface area contributed by atoms with E-state index in [1.54, 1.807) is 0 Å². The average Bonchev–Trinajstić information content (AvgIpc) is 0.811. The smallest absolute Gasteiger partial charge is 1.00 e. The second-order valence-electron chi connectivity index (χ2n) is 0.283. The number of hydrogen-bond donors (Lipinski definition) is 2. The van der Waals surface area contributed by atoms with Crippen LogP contribution in [0.5, 0.6) is 0 Å². The zero-order chi connectivity index (χ0) is 3.58. The van der Waals surface area contributed by atoms with Crippen LogP contribution in [0.15, 0.2) is 0 Å². The SMILES string of the molecule is O=[Si](O)O.[Ba+2].[H-].[H-].[Ti]. The van der Waals surface area contributed by atoms with Crippen molar-refractivity contribution in [1.82, 2.24) is 0 Å². The van der Waals surface area contributed by atoms with Crippen molar-refractivity contribution in [3.63, 3.8) is 0 Å². The molecule has 0 aliphatic heterocycles. The van der Waals surface area contributed by atoms with Gasteiger partial charge < -0.3 is 12.4 Å². The second-order valence-corrected chi connectivity index (χ2v) is 0.848. The molecule has 3 nitrogen and oxygen atoms in total. The summed E-state index contributed by atoms with van der Waals surface area (Å²) >= 11 is 0. The molecule has 0 saturated heterocycles. The summed E-state index contributed by atoms with van der Waals surface area (Å²) in [6.45, 7) is 0. The van der Waals surface area contributed by atoms with E-state index in [0.29, 0.717) is 0 Å². The van der Waals surface area contributed by atoms with Crippen molar-refractivity contribution < 1.29 is 38.6 Å². The van der Waals surface area contributed by atoms with Gasteiger partial charge in [-0.25, -0.2) is 0 Å². The molecule has 6 heteroatoms. The third-order valence-electron chi connectivity index (χ3n) is 0. The Labute approximate surface area is 95.0 Å². The van der Waals surface area contributed by atoms with Crippen LogP contribution < -0.4 is 0 Å². The molecule has 0 aliphatic carbocycles. The van der Waals surface area contributed by atoms with Crippen molar-refractivity contribution in [2.45, 2.75) is 0 Å². The maximum absolute atomic E-state index is 8.74. The normalized spacial score (nSPS) is 4.00. The molecule has 0 bridgehead atoms. The monoisotopic (exact) mass is 266 g/mol. The number of rotatable bonds is 0. The van der Waals surface area contributed by atoms with Gasteiger partial charge in [-0.05, 0) is 0 Å². The Morgan fingerprint density at radius 1 is 1.50 bits per heavy atom. The van der Waals surface area contributed by atoms with Gasteiger partial charge in [-0.3, -0.25) is 4.46 Å². The van der Waals surface area contributed by atoms with Crippen molar-refractivity contribution >= 4 is 58.1 Å². The summed E-state index contributed by atoms with van der Waals surface area (Å²) in [6, 6.07) is 0. The molecular formula is H4BaO3SiTi. The van der Waals surface area contributed by atoms with Crippen LogP contribution in [0.4, 0.5) is 0 Å². The molecule has 0 saturated carbocycles. The Bertz CT molecular complexity index is 40.3. The molecule has 0 heterocycles. The van der Waals surface area contributed by atoms with E-state index in [-0.39, 0.29) is 73.5 Å². The fraction of sp³-hybridized carbons (Fsp3) is 0. The van der Waals surface area contributed by atoms with Crippen molar-refractivity contribution in [3.05, 3.63) is 0 Å². The zero-order valence-electron chi connectivity index (χ0n) is 5.01. The van der Waals surface area contributed by atoms with Crippen LogP contribution >= 0.6 is 0 Å². The van der Waals surface area contributed by atoms with Gasteiger partial charge in [-0.1, -0.05) is 0 Å². The zero-order valence-corrected chi connectivity index (χ0v) is 10.0. The Kier molecular flexibility index (Phi) is 26.1. The largest absolute Gasteiger partial charge is 2.00 e. The number of hydrogen-bond acceptors (Lipinski definition) is 1.